The summed E-state index contributed by atoms with van der Waals surface area (Å²) in [6.45, 7) is 9.34. The molecular formula is C17H25BrN2S. The molecule has 1 fully saturated rings. The van der Waals surface area contributed by atoms with Crippen molar-refractivity contribution in [2.45, 2.75) is 40.0 Å². The van der Waals surface area contributed by atoms with Gasteiger partial charge >= 0.3 is 0 Å². The van der Waals surface area contributed by atoms with Crippen LogP contribution in [0.2, 0.25) is 0 Å². The van der Waals surface area contributed by atoms with Crippen LogP contribution in [0, 0.1) is 11.3 Å². The molecule has 1 heterocycles. The summed E-state index contributed by atoms with van der Waals surface area (Å²) in [5.41, 5.74) is 8.30. The van der Waals surface area contributed by atoms with Crippen molar-refractivity contribution in [3.63, 3.8) is 0 Å². The van der Waals surface area contributed by atoms with Crippen LogP contribution in [0.5, 0.6) is 0 Å². The molecule has 1 aromatic rings. The average molecular weight is 369 g/mol. The summed E-state index contributed by atoms with van der Waals surface area (Å²) in [5.74, 6) is 0.807. The fraction of sp³-hybridized carbons (Fsp3) is 0.588. The van der Waals surface area contributed by atoms with Crippen molar-refractivity contribution in [2.75, 3.05) is 18.0 Å². The molecule has 1 aliphatic heterocycles. The zero-order valence-corrected chi connectivity index (χ0v) is 15.6. The molecule has 0 amide bonds. The van der Waals surface area contributed by atoms with E-state index in [1.165, 1.54) is 24.9 Å². The molecule has 0 radical (unpaired) electrons. The van der Waals surface area contributed by atoms with Gasteiger partial charge in [0.25, 0.3) is 0 Å². The lowest BCUT2D eigenvalue weighted by molar-refractivity contribution is 0.220. The van der Waals surface area contributed by atoms with Crippen molar-refractivity contribution in [1.29, 1.82) is 0 Å². The molecule has 1 atom stereocenters. The number of benzene rings is 1. The van der Waals surface area contributed by atoms with Crippen LogP contribution < -0.4 is 10.6 Å². The minimum Gasteiger partial charge on any atom is -0.389 e. The summed E-state index contributed by atoms with van der Waals surface area (Å²) in [5, 5.41) is 0. The second-order valence-electron chi connectivity index (χ2n) is 7.01. The quantitative estimate of drug-likeness (QED) is 0.764. The van der Waals surface area contributed by atoms with Crippen LogP contribution in [-0.2, 0) is 0 Å². The maximum atomic E-state index is 5.72. The number of rotatable bonds is 2. The van der Waals surface area contributed by atoms with Gasteiger partial charge in [0.1, 0.15) is 4.99 Å². The van der Waals surface area contributed by atoms with E-state index in [1.54, 1.807) is 0 Å². The topological polar surface area (TPSA) is 29.3 Å². The molecule has 0 bridgehead atoms. The summed E-state index contributed by atoms with van der Waals surface area (Å²) in [6, 6.07) is 6.30. The van der Waals surface area contributed by atoms with E-state index in [2.05, 4.69) is 53.7 Å². The molecular weight excluding hydrogens is 344 g/mol. The predicted molar refractivity (Wildman–Crippen MR) is 99.0 cm³/mol. The van der Waals surface area contributed by atoms with Crippen LogP contribution in [0.4, 0.5) is 5.69 Å². The second kappa shape index (κ2) is 6.66. The lowest BCUT2D eigenvalue weighted by Crippen LogP contribution is -2.26. The van der Waals surface area contributed by atoms with E-state index in [0.717, 1.165) is 29.0 Å². The molecule has 0 aromatic heterocycles. The van der Waals surface area contributed by atoms with Gasteiger partial charge in [-0.3, -0.25) is 0 Å². The molecule has 4 heteroatoms. The first-order valence-electron chi connectivity index (χ1n) is 7.63. The van der Waals surface area contributed by atoms with Gasteiger partial charge in [0.05, 0.1) is 0 Å². The first-order chi connectivity index (χ1) is 9.79. The second-order valence-corrected chi connectivity index (χ2v) is 8.30. The molecule has 2 N–H and O–H groups in total. The smallest absolute Gasteiger partial charge is 0.105 e. The number of nitrogens with two attached hydrogens (primary N) is 1. The molecule has 1 aromatic carbocycles. The van der Waals surface area contributed by atoms with E-state index in [-0.39, 0.29) is 0 Å². The maximum absolute atomic E-state index is 5.72. The summed E-state index contributed by atoms with van der Waals surface area (Å²) >= 11 is 8.64. The van der Waals surface area contributed by atoms with Gasteiger partial charge in [0.15, 0.2) is 0 Å². The number of anilines is 1. The molecule has 1 unspecified atom stereocenters. The van der Waals surface area contributed by atoms with Gasteiger partial charge in [-0.15, -0.1) is 0 Å². The van der Waals surface area contributed by atoms with Gasteiger partial charge in [-0.25, -0.2) is 0 Å². The number of nitrogens with zero attached hydrogens (tertiary/aromatic N) is 1. The Hall–Kier alpha value is -0.610. The third kappa shape index (κ3) is 4.19. The number of halogens is 1. The van der Waals surface area contributed by atoms with E-state index in [4.69, 9.17) is 18.0 Å². The van der Waals surface area contributed by atoms with Gasteiger partial charge < -0.3 is 10.6 Å². The summed E-state index contributed by atoms with van der Waals surface area (Å²) in [4.78, 5) is 2.93. The fourth-order valence-electron chi connectivity index (χ4n) is 3.12. The SMILES string of the molecule is CC(C)(C)C1CCCN(c2ccc(C(N)=S)c(Br)c2)CC1. The molecule has 1 aliphatic rings. The average Bonchev–Trinajstić information content (AvgIpc) is 2.63. The predicted octanol–water partition coefficient (Wildman–Crippen LogP) is 4.74. The molecule has 21 heavy (non-hydrogen) atoms. The molecule has 116 valence electrons. The Kier molecular flexibility index (Phi) is 5.31. The zero-order chi connectivity index (χ0) is 15.6. The van der Waals surface area contributed by atoms with Crippen molar-refractivity contribution in [1.82, 2.24) is 0 Å². The van der Waals surface area contributed by atoms with E-state index in [1.807, 2.05) is 6.07 Å². The Labute approximate surface area is 142 Å². The number of thiocarbonyl (C=S) groups is 1. The van der Waals surface area contributed by atoms with Gasteiger partial charge in [-0.2, -0.15) is 0 Å². The van der Waals surface area contributed by atoms with Crippen molar-refractivity contribution < 1.29 is 0 Å². The van der Waals surface area contributed by atoms with E-state index in [0.29, 0.717) is 10.4 Å². The summed E-state index contributed by atoms with van der Waals surface area (Å²) in [7, 11) is 0. The van der Waals surface area contributed by atoms with Crippen LogP contribution >= 0.6 is 28.1 Å². The van der Waals surface area contributed by atoms with Crippen LogP contribution in [0.3, 0.4) is 0 Å². The number of hydrogen-bond donors (Lipinski definition) is 1. The molecule has 1 saturated heterocycles. The highest BCUT2D eigenvalue weighted by Gasteiger charge is 2.27. The first-order valence-corrected chi connectivity index (χ1v) is 8.83. The molecule has 2 nitrogen and oxygen atoms in total. The zero-order valence-electron chi connectivity index (χ0n) is 13.2. The highest BCUT2D eigenvalue weighted by molar-refractivity contribution is 9.10. The fourth-order valence-corrected chi connectivity index (χ4v) is 4.01. The molecule has 2 rings (SSSR count). The van der Waals surface area contributed by atoms with Crippen LogP contribution in [0.25, 0.3) is 0 Å². The van der Waals surface area contributed by atoms with E-state index < -0.39 is 0 Å². The highest BCUT2D eigenvalue weighted by Crippen LogP contribution is 2.35. The normalized spacial score (nSPS) is 20.2. The minimum atomic E-state index is 0.409. The number of hydrogen-bond acceptors (Lipinski definition) is 2. The third-order valence-corrected chi connectivity index (χ3v) is 5.41. The Morgan fingerprint density at radius 2 is 2.00 bits per heavy atom. The van der Waals surface area contributed by atoms with Gasteiger partial charge in [-0.05, 0) is 64.7 Å². The van der Waals surface area contributed by atoms with Crippen LogP contribution in [0.15, 0.2) is 22.7 Å². The van der Waals surface area contributed by atoms with E-state index in [9.17, 15) is 0 Å². The standard InChI is InChI=1S/C17H25BrN2S/c1-17(2,3)12-5-4-9-20(10-8-12)13-6-7-14(16(19)21)15(18)11-13/h6-7,11-12H,4-5,8-10H2,1-3H3,(H2,19,21). The summed E-state index contributed by atoms with van der Waals surface area (Å²) < 4.78 is 0.990. The van der Waals surface area contributed by atoms with Gasteiger partial charge in [-0.1, -0.05) is 33.0 Å². The Bertz CT molecular complexity index is 522. The maximum Gasteiger partial charge on any atom is 0.105 e. The van der Waals surface area contributed by atoms with E-state index >= 15 is 0 Å². The van der Waals surface area contributed by atoms with Crippen LogP contribution in [-0.4, -0.2) is 18.1 Å². The van der Waals surface area contributed by atoms with Crippen molar-refractivity contribution in [3.05, 3.63) is 28.2 Å². The van der Waals surface area contributed by atoms with Gasteiger partial charge in [0.2, 0.25) is 0 Å². The molecule has 0 saturated carbocycles. The largest absolute Gasteiger partial charge is 0.389 e. The first kappa shape index (κ1) is 16.8. The Morgan fingerprint density at radius 1 is 1.29 bits per heavy atom. The Balaban J connectivity index is 2.13. The Morgan fingerprint density at radius 3 is 2.57 bits per heavy atom. The lowest BCUT2D eigenvalue weighted by Gasteiger charge is -2.30. The highest BCUT2D eigenvalue weighted by atomic mass is 79.9. The van der Waals surface area contributed by atoms with Crippen molar-refractivity contribution in [3.8, 4) is 0 Å². The minimum absolute atomic E-state index is 0.409. The molecule has 0 spiro atoms. The van der Waals surface area contributed by atoms with Crippen molar-refractivity contribution >= 4 is 38.8 Å². The molecule has 0 aliphatic carbocycles. The monoisotopic (exact) mass is 368 g/mol. The lowest BCUT2D eigenvalue weighted by atomic mass is 9.77. The third-order valence-electron chi connectivity index (χ3n) is 4.54. The van der Waals surface area contributed by atoms with Crippen molar-refractivity contribution in [2.24, 2.45) is 17.1 Å². The van der Waals surface area contributed by atoms with Gasteiger partial charge in [0, 0.05) is 28.8 Å². The van der Waals surface area contributed by atoms with Crippen LogP contribution in [0.1, 0.15) is 45.6 Å². The summed E-state index contributed by atoms with van der Waals surface area (Å²) in [6.07, 6.45) is 3.85.